The molecule has 3 heteroatoms. The molecule has 100 valence electrons. The van der Waals surface area contributed by atoms with Crippen molar-refractivity contribution < 1.29 is 4.74 Å². The van der Waals surface area contributed by atoms with Gasteiger partial charge in [0.15, 0.2) is 0 Å². The van der Waals surface area contributed by atoms with E-state index in [0.29, 0.717) is 6.61 Å². The van der Waals surface area contributed by atoms with Gasteiger partial charge in [0, 0.05) is 12.7 Å². The van der Waals surface area contributed by atoms with Crippen LogP contribution in [-0.4, -0.2) is 18.1 Å². The fraction of sp³-hybridized carbons (Fsp3) is 0.533. The van der Waals surface area contributed by atoms with Crippen LogP contribution in [0.1, 0.15) is 37.9 Å². The van der Waals surface area contributed by atoms with Crippen LogP contribution < -0.4 is 5.32 Å². The zero-order valence-electron chi connectivity index (χ0n) is 11.5. The number of ether oxygens (including phenoxy) is 1. The Hall–Kier alpha value is -1.19. The van der Waals surface area contributed by atoms with Crippen molar-refractivity contribution in [3.63, 3.8) is 0 Å². The van der Waals surface area contributed by atoms with Crippen LogP contribution in [0.15, 0.2) is 30.5 Å². The molecule has 0 aliphatic rings. The topological polar surface area (TPSA) is 34.1 Å². The van der Waals surface area contributed by atoms with E-state index in [9.17, 15) is 0 Å². The van der Waals surface area contributed by atoms with Gasteiger partial charge in [0.1, 0.15) is 0 Å². The number of nitrogens with one attached hydrogen (secondary N) is 1. The molecule has 18 heavy (non-hydrogen) atoms. The van der Waals surface area contributed by atoms with Gasteiger partial charge in [-0.1, -0.05) is 18.6 Å². The second-order valence-corrected chi connectivity index (χ2v) is 4.59. The van der Waals surface area contributed by atoms with Gasteiger partial charge in [-0.05, 0) is 37.9 Å². The third-order valence-electron chi connectivity index (χ3n) is 2.57. The van der Waals surface area contributed by atoms with Crippen LogP contribution in [0.3, 0.4) is 0 Å². The van der Waals surface area contributed by atoms with Crippen LogP contribution in [-0.2, 0) is 17.9 Å². The van der Waals surface area contributed by atoms with Crippen molar-refractivity contribution in [1.82, 2.24) is 10.3 Å². The van der Waals surface area contributed by atoms with Crippen LogP contribution in [0.2, 0.25) is 0 Å². The Morgan fingerprint density at radius 2 is 2.28 bits per heavy atom. The molecule has 1 heterocycles. The van der Waals surface area contributed by atoms with Gasteiger partial charge in [-0.15, -0.1) is 6.58 Å². The van der Waals surface area contributed by atoms with E-state index >= 15 is 0 Å². The molecular weight excluding hydrogens is 224 g/mol. The minimum absolute atomic E-state index is 0.579. The van der Waals surface area contributed by atoms with E-state index in [1.807, 2.05) is 19.2 Å². The molecule has 0 fully saturated rings. The lowest BCUT2D eigenvalue weighted by atomic mass is 10.2. The van der Waals surface area contributed by atoms with E-state index in [0.717, 1.165) is 43.8 Å². The summed E-state index contributed by atoms with van der Waals surface area (Å²) in [4.78, 5) is 4.39. The van der Waals surface area contributed by atoms with Crippen molar-refractivity contribution in [2.75, 3.05) is 13.2 Å². The van der Waals surface area contributed by atoms with Crippen LogP contribution in [0, 0.1) is 0 Å². The molecule has 1 N–H and O–H groups in total. The van der Waals surface area contributed by atoms with Crippen molar-refractivity contribution in [1.29, 1.82) is 0 Å². The highest BCUT2D eigenvalue weighted by Gasteiger charge is 1.97. The van der Waals surface area contributed by atoms with Crippen molar-refractivity contribution in [2.24, 2.45) is 0 Å². The van der Waals surface area contributed by atoms with Gasteiger partial charge in [0.2, 0.25) is 0 Å². The molecule has 0 saturated heterocycles. The average Bonchev–Trinajstić information content (AvgIpc) is 2.36. The monoisotopic (exact) mass is 248 g/mol. The zero-order chi connectivity index (χ0) is 13.2. The third kappa shape index (κ3) is 6.52. The van der Waals surface area contributed by atoms with Crippen LogP contribution >= 0.6 is 0 Å². The van der Waals surface area contributed by atoms with Crippen LogP contribution in [0.4, 0.5) is 0 Å². The smallest absolute Gasteiger partial charge is 0.0887 e. The molecular formula is C15H24N2O. The molecule has 0 amide bonds. The van der Waals surface area contributed by atoms with Crippen LogP contribution in [0.5, 0.6) is 0 Å². The molecule has 0 aliphatic heterocycles. The molecule has 0 spiro atoms. The Kier molecular flexibility index (Phi) is 7.30. The summed E-state index contributed by atoms with van der Waals surface area (Å²) in [6.45, 7) is 11.3. The number of aromatic nitrogens is 1. The van der Waals surface area contributed by atoms with E-state index in [-0.39, 0.29) is 0 Å². The van der Waals surface area contributed by atoms with Gasteiger partial charge in [-0.3, -0.25) is 4.98 Å². The molecule has 0 aliphatic carbocycles. The van der Waals surface area contributed by atoms with E-state index in [1.165, 1.54) is 5.56 Å². The average molecular weight is 248 g/mol. The van der Waals surface area contributed by atoms with Gasteiger partial charge in [0.05, 0.1) is 18.9 Å². The second-order valence-electron chi connectivity index (χ2n) is 4.59. The first-order valence-corrected chi connectivity index (χ1v) is 6.59. The minimum atomic E-state index is 0.579. The van der Waals surface area contributed by atoms with Gasteiger partial charge < -0.3 is 10.1 Å². The van der Waals surface area contributed by atoms with Gasteiger partial charge in [0.25, 0.3) is 0 Å². The quantitative estimate of drug-likeness (QED) is 0.539. The maximum atomic E-state index is 5.53. The van der Waals surface area contributed by atoms with Crippen molar-refractivity contribution in [3.8, 4) is 0 Å². The number of pyridine rings is 1. The molecule has 1 rings (SSSR count). The summed E-state index contributed by atoms with van der Waals surface area (Å²) in [6.07, 6.45) is 3.99. The van der Waals surface area contributed by atoms with Gasteiger partial charge in [-0.25, -0.2) is 0 Å². The molecule has 0 atom stereocenters. The highest BCUT2D eigenvalue weighted by atomic mass is 16.5. The Labute approximate surface area is 110 Å². The highest BCUT2D eigenvalue weighted by molar-refractivity contribution is 5.13. The minimum Gasteiger partial charge on any atom is -0.375 e. The lowest BCUT2D eigenvalue weighted by Gasteiger charge is -2.06. The number of hydrogen-bond acceptors (Lipinski definition) is 3. The molecule has 1 aromatic heterocycles. The first-order valence-electron chi connectivity index (χ1n) is 6.59. The third-order valence-corrected chi connectivity index (χ3v) is 2.57. The number of nitrogens with zero attached hydrogens (tertiary/aromatic N) is 1. The number of rotatable bonds is 9. The van der Waals surface area contributed by atoms with E-state index in [4.69, 9.17) is 4.74 Å². The van der Waals surface area contributed by atoms with Gasteiger partial charge in [-0.2, -0.15) is 0 Å². The van der Waals surface area contributed by atoms with Gasteiger partial charge >= 0.3 is 0 Å². The van der Waals surface area contributed by atoms with Crippen molar-refractivity contribution in [3.05, 3.63) is 41.7 Å². The molecule has 0 saturated carbocycles. The maximum Gasteiger partial charge on any atom is 0.0887 e. The van der Waals surface area contributed by atoms with Crippen molar-refractivity contribution >= 4 is 0 Å². The van der Waals surface area contributed by atoms with E-state index in [1.54, 1.807) is 0 Å². The SMILES string of the molecule is C=C(C)CCOCc1ccc(CNCCC)cn1. The normalized spacial score (nSPS) is 10.6. The fourth-order valence-corrected chi connectivity index (χ4v) is 1.48. The van der Waals surface area contributed by atoms with Crippen molar-refractivity contribution in [2.45, 2.75) is 39.8 Å². The molecule has 1 aromatic rings. The molecule has 0 radical (unpaired) electrons. The first-order chi connectivity index (χ1) is 8.72. The summed E-state index contributed by atoms with van der Waals surface area (Å²) in [5.41, 5.74) is 3.35. The standard InChI is InChI=1S/C15H24N2O/c1-4-8-16-10-14-5-6-15(17-11-14)12-18-9-7-13(2)3/h5-6,11,16H,2,4,7-10,12H2,1,3H3. The lowest BCUT2D eigenvalue weighted by Crippen LogP contribution is -2.14. The Morgan fingerprint density at radius 1 is 1.44 bits per heavy atom. The Morgan fingerprint density at radius 3 is 2.89 bits per heavy atom. The number of hydrogen-bond donors (Lipinski definition) is 1. The summed E-state index contributed by atoms with van der Waals surface area (Å²) in [5.74, 6) is 0. The predicted molar refractivity (Wildman–Crippen MR) is 75.3 cm³/mol. The zero-order valence-corrected chi connectivity index (χ0v) is 11.5. The Balaban J connectivity index is 2.25. The largest absolute Gasteiger partial charge is 0.375 e. The summed E-state index contributed by atoms with van der Waals surface area (Å²) in [7, 11) is 0. The lowest BCUT2D eigenvalue weighted by molar-refractivity contribution is 0.121. The Bertz CT molecular complexity index is 346. The summed E-state index contributed by atoms with van der Waals surface area (Å²) in [5, 5.41) is 3.35. The maximum absolute atomic E-state index is 5.53. The first kappa shape index (κ1) is 14.9. The van der Waals surface area contributed by atoms with Crippen LogP contribution in [0.25, 0.3) is 0 Å². The predicted octanol–water partition coefficient (Wildman–Crippen LogP) is 3.06. The molecule has 0 bridgehead atoms. The van der Waals surface area contributed by atoms with E-state index in [2.05, 4.69) is 29.9 Å². The summed E-state index contributed by atoms with van der Waals surface area (Å²) >= 11 is 0. The highest BCUT2D eigenvalue weighted by Crippen LogP contribution is 2.03. The fourth-order valence-electron chi connectivity index (χ4n) is 1.48. The summed E-state index contributed by atoms with van der Waals surface area (Å²) < 4.78 is 5.53. The second kappa shape index (κ2) is 8.84. The molecule has 0 unspecified atom stereocenters. The summed E-state index contributed by atoms with van der Waals surface area (Å²) in [6, 6.07) is 4.14. The van der Waals surface area contributed by atoms with E-state index < -0.39 is 0 Å². The molecule has 3 nitrogen and oxygen atoms in total. The molecule has 0 aromatic carbocycles.